The van der Waals surface area contributed by atoms with Gasteiger partial charge >= 0.3 is 0 Å². The summed E-state index contributed by atoms with van der Waals surface area (Å²) < 4.78 is 24.3. The van der Waals surface area contributed by atoms with Crippen molar-refractivity contribution in [3.63, 3.8) is 0 Å². The zero-order valence-electron chi connectivity index (χ0n) is 12.1. The van der Waals surface area contributed by atoms with Gasteiger partial charge in [-0.15, -0.1) is 0 Å². The van der Waals surface area contributed by atoms with Crippen molar-refractivity contribution in [3.05, 3.63) is 23.8 Å². The molecule has 0 aromatic heterocycles. The van der Waals surface area contributed by atoms with E-state index in [1.54, 1.807) is 12.1 Å². The highest BCUT2D eigenvalue weighted by atomic mass is 32.2. The molecule has 0 aliphatic heterocycles. The van der Waals surface area contributed by atoms with Crippen molar-refractivity contribution in [2.24, 2.45) is 0 Å². The number of benzene rings is 1. The van der Waals surface area contributed by atoms with Crippen molar-refractivity contribution in [2.75, 3.05) is 11.5 Å². The number of nitrogens with two attached hydrogens (primary N) is 1. The van der Waals surface area contributed by atoms with Gasteiger partial charge in [0.1, 0.15) is 5.75 Å². The molecule has 0 bridgehead atoms. The van der Waals surface area contributed by atoms with Gasteiger partial charge < -0.3 is 11.1 Å². The average Bonchev–Trinajstić information content (AvgIpc) is 2.26. The van der Waals surface area contributed by atoms with E-state index in [0.29, 0.717) is 0 Å². The first-order valence-corrected chi connectivity index (χ1v) is 8.29. The van der Waals surface area contributed by atoms with Crippen molar-refractivity contribution in [2.45, 2.75) is 44.6 Å². The van der Waals surface area contributed by atoms with Crippen LogP contribution in [-0.2, 0) is 14.6 Å². The van der Waals surface area contributed by atoms with E-state index in [1.807, 2.05) is 20.8 Å². The molecule has 0 heterocycles. The van der Waals surface area contributed by atoms with Crippen LogP contribution in [0.4, 0.5) is 5.69 Å². The van der Waals surface area contributed by atoms with E-state index in [-0.39, 0.29) is 16.6 Å². The van der Waals surface area contributed by atoms with E-state index in [1.165, 1.54) is 6.07 Å². The summed E-state index contributed by atoms with van der Waals surface area (Å²) in [5.41, 5.74) is 6.78. The summed E-state index contributed by atoms with van der Waals surface area (Å²) in [5, 5.41) is 2.68. The third kappa shape index (κ3) is 4.52. The molecule has 0 saturated heterocycles. The Morgan fingerprint density at radius 1 is 1.40 bits per heavy atom. The first kappa shape index (κ1) is 16.5. The molecule has 1 rings (SSSR count). The minimum Gasteiger partial charge on any atom is -0.398 e. The fraction of sp³-hybridized carbons (Fsp3) is 0.500. The molecule has 0 spiro atoms. The van der Waals surface area contributed by atoms with Crippen LogP contribution in [0.25, 0.3) is 0 Å². The van der Waals surface area contributed by atoms with Crippen molar-refractivity contribution >= 4 is 21.4 Å². The molecular formula is C14H22N2O3S. The maximum Gasteiger partial charge on any atom is 0.235 e. The molecule has 0 fully saturated rings. The lowest BCUT2D eigenvalue weighted by molar-refractivity contribution is -0.119. The van der Waals surface area contributed by atoms with E-state index in [0.717, 1.165) is 18.4 Å². The van der Waals surface area contributed by atoms with Gasteiger partial charge in [0, 0.05) is 6.04 Å². The van der Waals surface area contributed by atoms with E-state index in [4.69, 9.17) is 5.73 Å². The number of rotatable bonds is 6. The van der Waals surface area contributed by atoms with Gasteiger partial charge in [-0.25, -0.2) is 8.42 Å². The van der Waals surface area contributed by atoms with Crippen molar-refractivity contribution in [1.29, 1.82) is 0 Å². The van der Waals surface area contributed by atoms with Gasteiger partial charge in [0.25, 0.3) is 0 Å². The Hall–Kier alpha value is -1.56. The second-order valence-corrected chi connectivity index (χ2v) is 7.02. The van der Waals surface area contributed by atoms with Crippen LogP contribution in [0, 0.1) is 6.92 Å². The van der Waals surface area contributed by atoms with Gasteiger partial charge in [0.05, 0.1) is 10.6 Å². The van der Waals surface area contributed by atoms with Gasteiger partial charge in [-0.1, -0.05) is 19.4 Å². The average molecular weight is 298 g/mol. The molecule has 6 heteroatoms. The molecule has 0 aliphatic rings. The summed E-state index contributed by atoms with van der Waals surface area (Å²) >= 11 is 0. The number of anilines is 1. The number of hydrogen-bond donors (Lipinski definition) is 2. The Morgan fingerprint density at radius 2 is 2.05 bits per heavy atom. The largest absolute Gasteiger partial charge is 0.398 e. The van der Waals surface area contributed by atoms with E-state index in [9.17, 15) is 13.2 Å². The topological polar surface area (TPSA) is 89.3 Å². The summed E-state index contributed by atoms with van der Waals surface area (Å²) in [4.78, 5) is 11.8. The molecule has 0 saturated carbocycles. The van der Waals surface area contributed by atoms with Crippen molar-refractivity contribution in [1.82, 2.24) is 5.32 Å². The lowest BCUT2D eigenvalue weighted by Crippen LogP contribution is -2.36. The number of hydrogen-bond acceptors (Lipinski definition) is 4. The number of carbonyl (C=O) groups excluding carboxylic acids is 1. The van der Waals surface area contributed by atoms with Crippen LogP contribution in [0.5, 0.6) is 0 Å². The summed E-state index contributed by atoms with van der Waals surface area (Å²) in [5.74, 6) is -1.07. The number of carbonyl (C=O) groups is 1. The highest BCUT2D eigenvalue weighted by Crippen LogP contribution is 2.20. The van der Waals surface area contributed by atoms with Gasteiger partial charge in [-0.2, -0.15) is 0 Å². The zero-order valence-corrected chi connectivity index (χ0v) is 13.0. The molecule has 20 heavy (non-hydrogen) atoms. The Balaban J connectivity index is 2.82. The summed E-state index contributed by atoms with van der Waals surface area (Å²) in [6.45, 7) is 5.69. The quantitative estimate of drug-likeness (QED) is 0.782. The molecule has 5 nitrogen and oxygen atoms in total. The maximum atomic E-state index is 12.2. The normalized spacial score (nSPS) is 12.9. The molecule has 3 N–H and O–H groups in total. The molecule has 1 aromatic rings. The number of aryl methyl sites for hydroxylation is 1. The number of nitrogen functional groups attached to an aromatic ring is 1. The van der Waals surface area contributed by atoms with E-state index >= 15 is 0 Å². The third-order valence-electron chi connectivity index (χ3n) is 2.95. The minimum atomic E-state index is -3.70. The third-order valence-corrected chi connectivity index (χ3v) is 4.63. The van der Waals surface area contributed by atoms with Gasteiger partial charge in [0.15, 0.2) is 9.84 Å². The zero-order chi connectivity index (χ0) is 15.3. The van der Waals surface area contributed by atoms with Crippen LogP contribution < -0.4 is 11.1 Å². The van der Waals surface area contributed by atoms with Gasteiger partial charge in [-0.3, -0.25) is 4.79 Å². The van der Waals surface area contributed by atoms with E-state index in [2.05, 4.69) is 5.32 Å². The molecule has 1 amide bonds. The molecular weight excluding hydrogens is 276 g/mol. The predicted octanol–water partition coefficient (Wildman–Crippen LogP) is 1.66. The fourth-order valence-electron chi connectivity index (χ4n) is 2.02. The van der Waals surface area contributed by atoms with Crippen LogP contribution in [0.15, 0.2) is 23.1 Å². The van der Waals surface area contributed by atoms with Crippen LogP contribution in [-0.4, -0.2) is 26.1 Å². The molecule has 112 valence electrons. The maximum absolute atomic E-state index is 12.2. The van der Waals surface area contributed by atoms with Crippen LogP contribution >= 0.6 is 0 Å². The number of sulfone groups is 1. The van der Waals surface area contributed by atoms with Crippen LogP contribution in [0.3, 0.4) is 0 Å². The van der Waals surface area contributed by atoms with Crippen molar-refractivity contribution < 1.29 is 13.2 Å². The predicted molar refractivity (Wildman–Crippen MR) is 80.2 cm³/mol. The summed E-state index contributed by atoms with van der Waals surface area (Å²) in [7, 11) is -3.70. The SMILES string of the molecule is CCCC(C)NC(=O)CS(=O)(=O)c1ccc(C)cc1N. The molecule has 0 aliphatic carbocycles. The fourth-order valence-corrected chi connectivity index (χ4v) is 3.30. The second-order valence-electron chi connectivity index (χ2n) is 5.06. The smallest absolute Gasteiger partial charge is 0.235 e. The molecule has 1 atom stereocenters. The highest BCUT2D eigenvalue weighted by molar-refractivity contribution is 7.92. The van der Waals surface area contributed by atoms with Crippen molar-refractivity contribution in [3.8, 4) is 0 Å². The minimum absolute atomic E-state index is 0.0152. The summed E-state index contributed by atoms with van der Waals surface area (Å²) in [6, 6.07) is 4.67. The Kier molecular flexibility index (Phi) is 5.56. The first-order chi connectivity index (χ1) is 9.26. The highest BCUT2D eigenvalue weighted by Gasteiger charge is 2.22. The number of amides is 1. The van der Waals surface area contributed by atoms with E-state index < -0.39 is 21.5 Å². The van der Waals surface area contributed by atoms with Gasteiger partial charge in [-0.05, 0) is 38.0 Å². The first-order valence-electron chi connectivity index (χ1n) is 6.64. The molecule has 0 radical (unpaired) electrons. The Labute approximate surface area is 120 Å². The Bertz CT molecular complexity index is 582. The molecule has 1 aromatic carbocycles. The Morgan fingerprint density at radius 3 is 2.60 bits per heavy atom. The van der Waals surface area contributed by atoms with Crippen LogP contribution in [0.1, 0.15) is 32.3 Å². The lowest BCUT2D eigenvalue weighted by Gasteiger charge is -2.13. The van der Waals surface area contributed by atoms with Gasteiger partial charge in [0.2, 0.25) is 5.91 Å². The number of nitrogens with one attached hydrogen (secondary N) is 1. The van der Waals surface area contributed by atoms with Crippen LogP contribution in [0.2, 0.25) is 0 Å². The standard InChI is InChI=1S/C14H22N2O3S/c1-4-5-11(3)16-14(17)9-20(18,19)13-7-6-10(2)8-12(13)15/h6-8,11H,4-5,9,15H2,1-3H3,(H,16,17). The second kappa shape index (κ2) is 6.74. The lowest BCUT2D eigenvalue weighted by atomic mass is 10.2. The molecule has 1 unspecified atom stereocenters. The monoisotopic (exact) mass is 298 g/mol. The summed E-state index contributed by atoms with van der Waals surface area (Å²) in [6.07, 6.45) is 1.75.